The largest absolute Gasteiger partial charge is 0.383 e. The summed E-state index contributed by atoms with van der Waals surface area (Å²) in [5.74, 6) is 0. The fourth-order valence-corrected chi connectivity index (χ4v) is 2.64. The monoisotopic (exact) mass is 264 g/mol. The van der Waals surface area contributed by atoms with E-state index in [1.165, 1.54) is 16.8 Å². The van der Waals surface area contributed by atoms with Crippen molar-refractivity contribution < 1.29 is 0 Å². The van der Waals surface area contributed by atoms with Crippen molar-refractivity contribution >= 4 is 11.4 Å². The number of hydrogen-bond donors (Lipinski definition) is 2. The van der Waals surface area contributed by atoms with E-state index >= 15 is 0 Å². The molecule has 2 aromatic rings. The van der Waals surface area contributed by atoms with Crippen molar-refractivity contribution in [3.8, 4) is 0 Å². The van der Waals surface area contributed by atoms with Crippen molar-refractivity contribution in [2.45, 2.75) is 19.3 Å². The first-order chi connectivity index (χ1) is 9.83. The van der Waals surface area contributed by atoms with E-state index in [1.807, 2.05) is 0 Å². The molecule has 0 bridgehead atoms. The fraction of sp³-hybridized carbons (Fsp3) is 0.222. The number of anilines is 2. The van der Waals surface area contributed by atoms with Crippen LogP contribution >= 0.6 is 0 Å². The van der Waals surface area contributed by atoms with Gasteiger partial charge >= 0.3 is 0 Å². The summed E-state index contributed by atoms with van der Waals surface area (Å²) in [6, 6.07) is 17.1. The van der Waals surface area contributed by atoms with Crippen LogP contribution in [0.4, 0.5) is 11.4 Å². The lowest BCUT2D eigenvalue weighted by Crippen LogP contribution is -2.03. The smallest absolute Gasteiger partial charge is 0.0620 e. The van der Waals surface area contributed by atoms with Gasteiger partial charge < -0.3 is 10.6 Å². The maximum Gasteiger partial charge on any atom is 0.0620 e. The minimum atomic E-state index is 0.946. The molecule has 0 atom stereocenters. The van der Waals surface area contributed by atoms with Crippen LogP contribution in [0.2, 0.25) is 0 Å². The van der Waals surface area contributed by atoms with Gasteiger partial charge in [0.05, 0.1) is 11.4 Å². The summed E-state index contributed by atoms with van der Waals surface area (Å²) in [7, 11) is 0. The van der Waals surface area contributed by atoms with E-state index in [-0.39, 0.29) is 0 Å². The molecule has 1 aliphatic rings. The van der Waals surface area contributed by atoms with Gasteiger partial charge in [0.2, 0.25) is 0 Å². The first-order valence-electron chi connectivity index (χ1n) is 7.17. The summed E-state index contributed by atoms with van der Waals surface area (Å²) >= 11 is 0. The van der Waals surface area contributed by atoms with Crippen molar-refractivity contribution in [2.75, 3.05) is 17.2 Å². The predicted octanol–water partition coefficient (Wildman–Crippen LogP) is 4.21. The first kappa shape index (κ1) is 12.8. The molecule has 0 radical (unpaired) electrons. The van der Waals surface area contributed by atoms with Crippen molar-refractivity contribution in [1.29, 1.82) is 0 Å². The summed E-state index contributed by atoms with van der Waals surface area (Å²) < 4.78 is 0. The Hall–Kier alpha value is -2.22. The molecule has 0 fully saturated rings. The normalized spacial score (nSPS) is 13.9. The molecular weight excluding hydrogens is 244 g/mol. The molecule has 0 saturated heterocycles. The lowest BCUT2D eigenvalue weighted by atomic mass is 10.0. The third-order valence-electron chi connectivity index (χ3n) is 3.72. The second-order valence-corrected chi connectivity index (χ2v) is 5.23. The average Bonchev–Trinajstić information content (AvgIpc) is 2.67. The quantitative estimate of drug-likeness (QED) is 0.867. The molecule has 0 spiro atoms. The van der Waals surface area contributed by atoms with E-state index in [4.69, 9.17) is 0 Å². The molecule has 3 rings (SSSR count). The summed E-state index contributed by atoms with van der Waals surface area (Å²) in [5, 5.41) is 6.94. The zero-order valence-corrected chi connectivity index (χ0v) is 11.7. The van der Waals surface area contributed by atoms with Gasteiger partial charge in [-0.15, -0.1) is 0 Å². The third kappa shape index (κ3) is 2.85. The van der Waals surface area contributed by atoms with Crippen molar-refractivity contribution in [3.05, 3.63) is 71.9 Å². The molecule has 2 heteroatoms. The lowest BCUT2D eigenvalue weighted by molar-refractivity contribution is 0.956. The third-order valence-corrected chi connectivity index (χ3v) is 3.72. The fourth-order valence-electron chi connectivity index (χ4n) is 2.64. The predicted molar refractivity (Wildman–Crippen MR) is 86.2 cm³/mol. The van der Waals surface area contributed by atoms with Gasteiger partial charge in [0, 0.05) is 18.7 Å². The van der Waals surface area contributed by atoms with Crippen molar-refractivity contribution in [1.82, 2.24) is 0 Å². The molecule has 2 aromatic carbocycles. The van der Waals surface area contributed by atoms with Gasteiger partial charge in [0.1, 0.15) is 0 Å². The minimum Gasteiger partial charge on any atom is -0.383 e. The summed E-state index contributed by atoms with van der Waals surface area (Å²) in [6.45, 7) is 4.99. The Balaban J connectivity index is 1.80. The molecule has 0 aliphatic carbocycles. The summed E-state index contributed by atoms with van der Waals surface area (Å²) in [5.41, 5.74) is 6.22. The van der Waals surface area contributed by atoms with E-state index in [9.17, 15) is 0 Å². The second-order valence-electron chi connectivity index (χ2n) is 5.23. The molecule has 0 saturated carbocycles. The maximum absolute atomic E-state index is 4.05. The van der Waals surface area contributed by atoms with Crippen LogP contribution < -0.4 is 10.6 Å². The van der Waals surface area contributed by atoms with Gasteiger partial charge in [-0.3, -0.25) is 0 Å². The Morgan fingerprint density at radius 1 is 0.950 bits per heavy atom. The highest BCUT2D eigenvalue weighted by molar-refractivity contribution is 5.75. The highest BCUT2D eigenvalue weighted by atomic mass is 15.0. The molecule has 1 heterocycles. The van der Waals surface area contributed by atoms with Crippen molar-refractivity contribution in [3.63, 3.8) is 0 Å². The van der Waals surface area contributed by atoms with E-state index in [1.54, 1.807) is 0 Å². The van der Waals surface area contributed by atoms with Crippen LogP contribution in [-0.2, 0) is 12.8 Å². The standard InChI is InChI=1S/C18H20N2/c1-14-12-13-19-18-16(8-5-9-17(18)20-14)11-10-15-6-3-2-4-7-15/h2-9,19-20H,1,10-13H2. The minimum absolute atomic E-state index is 0.946. The SMILES string of the molecule is C=C1CCNc2c(CCc3ccccc3)cccc2N1. The summed E-state index contributed by atoms with van der Waals surface area (Å²) in [4.78, 5) is 0. The Kier molecular flexibility index (Phi) is 3.73. The average molecular weight is 264 g/mol. The Morgan fingerprint density at radius 2 is 1.80 bits per heavy atom. The number of rotatable bonds is 3. The number of para-hydroxylation sites is 1. The topological polar surface area (TPSA) is 24.1 Å². The van der Waals surface area contributed by atoms with Crippen LogP contribution in [0.15, 0.2) is 60.8 Å². The van der Waals surface area contributed by atoms with E-state index < -0.39 is 0 Å². The first-order valence-corrected chi connectivity index (χ1v) is 7.17. The van der Waals surface area contributed by atoms with Gasteiger partial charge in [-0.1, -0.05) is 49.0 Å². The van der Waals surface area contributed by atoms with Crippen LogP contribution in [-0.4, -0.2) is 6.54 Å². The number of fused-ring (bicyclic) bond motifs is 1. The zero-order chi connectivity index (χ0) is 13.8. The van der Waals surface area contributed by atoms with Crippen LogP contribution in [0.25, 0.3) is 0 Å². The second kappa shape index (κ2) is 5.83. The summed E-state index contributed by atoms with van der Waals surface area (Å²) in [6.07, 6.45) is 3.08. The molecular formula is C18H20N2. The van der Waals surface area contributed by atoms with E-state index in [2.05, 4.69) is 65.7 Å². The highest BCUT2D eigenvalue weighted by Crippen LogP contribution is 2.30. The van der Waals surface area contributed by atoms with Gasteiger partial charge in [-0.2, -0.15) is 0 Å². The molecule has 0 amide bonds. The highest BCUT2D eigenvalue weighted by Gasteiger charge is 2.12. The molecule has 2 N–H and O–H groups in total. The molecule has 0 aromatic heterocycles. The lowest BCUT2D eigenvalue weighted by Gasteiger charge is -2.14. The van der Waals surface area contributed by atoms with Crippen LogP contribution in [0.3, 0.4) is 0 Å². The maximum atomic E-state index is 4.05. The number of aryl methyl sites for hydroxylation is 2. The Bertz CT molecular complexity index is 602. The number of hydrogen-bond acceptors (Lipinski definition) is 2. The van der Waals surface area contributed by atoms with Crippen LogP contribution in [0, 0.1) is 0 Å². The Morgan fingerprint density at radius 3 is 2.65 bits per heavy atom. The molecule has 20 heavy (non-hydrogen) atoms. The zero-order valence-electron chi connectivity index (χ0n) is 11.7. The van der Waals surface area contributed by atoms with E-state index in [0.717, 1.165) is 37.2 Å². The molecule has 102 valence electrons. The Labute approximate surface area is 120 Å². The number of benzene rings is 2. The van der Waals surface area contributed by atoms with Crippen LogP contribution in [0.5, 0.6) is 0 Å². The number of nitrogens with one attached hydrogen (secondary N) is 2. The molecule has 0 unspecified atom stereocenters. The van der Waals surface area contributed by atoms with Gasteiger partial charge in [-0.25, -0.2) is 0 Å². The van der Waals surface area contributed by atoms with E-state index in [0.29, 0.717) is 0 Å². The molecule has 2 nitrogen and oxygen atoms in total. The van der Waals surface area contributed by atoms with Crippen molar-refractivity contribution in [2.24, 2.45) is 0 Å². The molecule has 1 aliphatic heterocycles. The van der Waals surface area contributed by atoms with Crippen LogP contribution in [0.1, 0.15) is 17.5 Å². The van der Waals surface area contributed by atoms with Gasteiger partial charge in [0.25, 0.3) is 0 Å². The van der Waals surface area contributed by atoms with Gasteiger partial charge in [-0.05, 0) is 30.0 Å². The van der Waals surface area contributed by atoms with Gasteiger partial charge in [0.15, 0.2) is 0 Å².